The lowest BCUT2D eigenvalue weighted by molar-refractivity contribution is -0.147. The summed E-state index contributed by atoms with van der Waals surface area (Å²) in [6.07, 6.45) is 6.40. The van der Waals surface area contributed by atoms with E-state index < -0.39 is 5.97 Å². The zero-order valence-electron chi connectivity index (χ0n) is 12.8. The van der Waals surface area contributed by atoms with Gasteiger partial charge in [-0.3, -0.25) is 14.4 Å². The summed E-state index contributed by atoms with van der Waals surface area (Å²) in [6.45, 7) is 1.40. The Bertz CT molecular complexity index is 602. The van der Waals surface area contributed by atoms with E-state index in [1.54, 1.807) is 12.3 Å². The number of amides is 1. The van der Waals surface area contributed by atoms with Crippen LogP contribution < -0.4 is 5.56 Å². The summed E-state index contributed by atoms with van der Waals surface area (Å²) >= 11 is 0. The zero-order valence-corrected chi connectivity index (χ0v) is 12.8. The number of aliphatic carboxylic acids is 1. The molecule has 0 aliphatic heterocycles. The molecule has 1 aromatic heterocycles. The van der Waals surface area contributed by atoms with Crippen LogP contribution in [0.5, 0.6) is 0 Å². The van der Waals surface area contributed by atoms with Crippen molar-refractivity contribution in [3.63, 3.8) is 0 Å². The normalized spacial score (nSPS) is 15.5. The van der Waals surface area contributed by atoms with Crippen LogP contribution in [0.15, 0.2) is 23.1 Å². The van der Waals surface area contributed by atoms with Gasteiger partial charge in [0.05, 0.1) is 0 Å². The molecule has 1 fully saturated rings. The molecule has 0 bridgehead atoms. The van der Waals surface area contributed by atoms with Crippen molar-refractivity contribution in [3.05, 3.63) is 34.2 Å². The molecule has 6 heteroatoms. The molecule has 0 aromatic carbocycles. The third-order valence-corrected chi connectivity index (χ3v) is 4.10. The molecule has 1 heterocycles. The van der Waals surface area contributed by atoms with E-state index in [0.717, 1.165) is 37.7 Å². The van der Waals surface area contributed by atoms with Gasteiger partial charge < -0.3 is 14.6 Å². The number of hydrogen-bond donors (Lipinski definition) is 1. The maximum absolute atomic E-state index is 12.5. The monoisotopic (exact) mass is 306 g/mol. The van der Waals surface area contributed by atoms with Crippen molar-refractivity contribution in [3.8, 4) is 0 Å². The second kappa shape index (κ2) is 7.24. The van der Waals surface area contributed by atoms with Gasteiger partial charge in [0.2, 0.25) is 5.91 Å². The number of aromatic nitrogens is 1. The number of carbonyl (C=O) groups excluding carboxylic acids is 1. The molecule has 0 spiro atoms. The Labute approximate surface area is 129 Å². The summed E-state index contributed by atoms with van der Waals surface area (Å²) in [6, 6.07) is 3.20. The van der Waals surface area contributed by atoms with Crippen LogP contribution in [0.4, 0.5) is 0 Å². The summed E-state index contributed by atoms with van der Waals surface area (Å²) in [4.78, 5) is 36.8. The molecular formula is C16H22N2O4. The second-order valence-corrected chi connectivity index (χ2v) is 5.88. The summed E-state index contributed by atoms with van der Waals surface area (Å²) in [5.74, 6) is -1.32. The number of aryl methyl sites for hydroxylation is 1. The molecule has 1 aliphatic carbocycles. The fraction of sp³-hybridized carbons (Fsp3) is 0.562. The summed E-state index contributed by atoms with van der Waals surface area (Å²) in [5.41, 5.74) is 0.593. The summed E-state index contributed by atoms with van der Waals surface area (Å²) < 4.78 is 1.33. The molecule has 6 nitrogen and oxygen atoms in total. The van der Waals surface area contributed by atoms with E-state index >= 15 is 0 Å². The van der Waals surface area contributed by atoms with E-state index in [0.29, 0.717) is 0 Å². The number of pyridine rings is 1. The van der Waals surface area contributed by atoms with Crippen LogP contribution in [0.1, 0.15) is 37.7 Å². The minimum atomic E-state index is -1.02. The fourth-order valence-electron chi connectivity index (χ4n) is 2.93. The Hall–Kier alpha value is -2.11. The Balaban J connectivity index is 2.13. The first-order chi connectivity index (χ1) is 10.5. The van der Waals surface area contributed by atoms with Crippen molar-refractivity contribution in [1.29, 1.82) is 0 Å². The number of carboxylic acid groups (broad SMARTS) is 1. The highest BCUT2D eigenvalue weighted by molar-refractivity contribution is 5.81. The Morgan fingerprint density at radius 2 is 2.00 bits per heavy atom. The maximum atomic E-state index is 12.5. The van der Waals surface area contributed by atoms with Gasteiger partial charge >= 0.3 is 5.97 Å². The molecule has 0 unspecified atom stereocenters. The van der Waals surface area contributed by atoms with E-state index in [-0.39, 0.29) is 30.6 Å². The van der Waals surface area contributed by atoms with Gasteiger partial charge in [-0.1, -0.05) is 19.3 Å². The lowest BCUT2D eigenvalue weighted by atomic mass is 9.94. The minimum absolute atomic E-state index is 0.0292. The van der Waals surface area contributed by atoms with Crippen molar-refractivity contribution >= 4 is 11.9 Å². The first kappa shape index (κ1) is 16.3. The Kier molecular flexibility index (Phi) is 5.35. The molecule has 1 aliphatic rings. The van der Waals surface area contributed by atoms with Crippen molar-refractivity contribution in [2.75, 3.05) is 6.54 Å². The van der Waals surface area contributed by atoms with Gasteiger partial charge in [-0.15, -0.1) is 0 Å². The highest BCUT2D eigenvalue weighted by atomic mass is 16.4. The highest BCUT2D eigenvalue weighted by Gasteiger charge is 2.27. The number of nitrogens with zero attached hydrogens (tertiary/aromatic N) is 2. The Morgan fingerprint density at radius 3 is 2.59 bits per heavy atom. The first-order valence-corrected chi connectivity index (χ1v) is 7.66. The van der Waals surface area contributed by atoms with Gasteiger partial charge in [-0.25, -0.2) is 0 Å². The molecule has 1 N–H and O–H groups in total. The van der Waals surface area contributed by atoms with E-state index in [2.05, 4.69) is 0 Å². The summed E-state index contributed by atoms with van der Waals surface area (Å²) in [5, 5.41) is 9.06. The van der Waals surface area contributed by atoms with Gasteiger partial charge in [0.15, 0.2) is 0 Å². The molecule has 22 heavy (non-hydrogen) atoms. The molecule has 1 saturated carbocycles. The third kappa shape index (κ3) is 4.19. The van der Waals surface area contributed by atoms with Crippen LogP contribution in [0.2, 0.25) is 0 Å². The van der Waals surface area contributed by atoms with Crippen molar-refractivity contribution in [2.45, 2.75) is 51.6 Å². The lowest BCUT2D eigenvalue weighted by Crippen LogP contribution is -2.46. The van der Waals surface area contributed by atoms with E-state index in [1.165, 1.54) is 15.5 Å². The fourth-order valence-corrected chi connectivity index (χ4v) is 2.93. The maximum Gasteiger partial charge on any atom is 0.323 e. The molecular weight excluding hydrogens is 284 g/mol. The second-order valence-electron chi connectivity index (χ2n) is 5.88. The van der Waals surface area contributed by atoms with Crippen LogP contribution in [0, 0.1) is 6.92 Å². The third-order valence-electron chi connectivity index (χ3n) is 4.10. The number of hydrogen-bond acceptors (Lipinski definition) is 3. The predicted molar refractivity (Wildman–Crippen MR) is 81.7 cm³/mol. The van der Waals surface area contributed by atoms with Gasteiger partial charge in [-0.2, -0.15) is 0 Å². The zero-order chi connectivity index (χ0) is 16.1. The molecule has 0 saturated heterocycles. The molecule has 0 atom stereocenters. The summed E-state index contributed by atoms with van der Waals surface area (Å²) in [7, 11) is 0. The molecule has 120 valence electrons. The topological polar surface area (TPSA) is 79.6 Å². The van der Waals surface area contributed by atoms with Gasteiger partial charge in [-0.05, 0) is 31.4 Å². The molecule has 1 amide bonds. The van der Waals surface area contributed by atoms with Gasteiger partial charge in [0.25, 0.3) is 5.56 Å². The molecule has 0 radical (unpaired) electrons. The lowest BCUT2D eigenvalue weighted by Gasteiger charge is -2.33. The minimum Gasteiger partial charge on any atom is -0.480 e. The standard InChI is InChI=1S/C16H22N2O4/c1-12-7-8-17(14(19)9-12)10-15(20)18(11-16(21)22)13-5-3-2-4-6-13/h7-9,13H,2-6,10-11H2,1H3,(H,21,22). The van der Waals surface area contributed by atoms with E-state index in [4.69, 9.17) is 5.11 Å². The van der Waals surface area contributed by atoms with E-state index in [9.17, 15) is 14.4 Å². The Morgan fingerprint density at radius 1 is 1.32 bits per heavy atom. The average Bonchev–Trinajstić information content (AvgIpc) is 2.48. The van der Waals surface area contributed by atoms with Crippen LogP contribution in [0.25, 0.3) is 0 Å². The van der Waals surface area contributed by atoms with Crippen molar-refractivity contribution < 1.29 is 14.7 Å². The van der Waals surface area contributed by atoms with Crippen LogP contribution in [-0.4, -0.2) is 39.0 Å². The van der Waals surface area contributed by atoms with E-state index in [1.807, 2.05) is 6.92 Å². The average molecular weight is 306 g/mol. The molecule has 2 rings (SSSR count). The largest absolute Gasteiger partial charge is 0.480 e. The SMILES string of the molecule is Cc1ccn(CC(=O)N(CC(=O)O)C2CCCCC2)c(=O)c1. The first-order valence-electron chi connectivity index (χ1n) is 7.66. The van der Waals surface area contributed by atoms with Gasteiger partial charge in [0.1, 0.15) is 13.1 Å². The van der Waals surface area contributed by atoms with Crippen LogP contribution >= 0.6 is 0 Å². The van der Waals surface area contributed by atoms with Crippen LogP contribution in [0.3, 0.4) is 0 Å². The van der Waals surface area contributed by atoms with Gasteiger partial charge in [0, 0.05) is 18.3 Å². The van der Waals surface area contributed by atoms with Crippen molar-refractivity contribution in [2.24, 2.45) is 0 Å². The van der Waals surface area contributed by atoms with Crippen molar-refractivity contribution in [1.82, 2.24) is 9.47 Å². The van der Waals surface area contributed by atoms with Crippen LogP contribution in [-0.2, 0) is 16.1 Å². The smallest absolute Gasteiger partial charge is 0.323 e. The molecule has 1 aromatic rings. The number of carboxylic acids is 1. The number of carbonyl (C=O) groups is 2. The highest BCUT2D eigenvalue weighted by Crippen LogP contribution is 2.22. The predicted octanol–water partition coefficient (Wildman–Crippen LogP) is 1.40. The quantitative estimate of drug-likeness (QED) is 0.892. The number of rotatable bonds is 5.